The van der Waals surface area contributed by atoms with Crippen LogP contribution in [0.1, 0.15) is 43.0 Å². The van der Waals surface area contributed by atoms with Gasteiger partial charge in [-0.3, -0.25) is 9.59 Å². The van der Waals surface area contributed by atoms with Gasteiger partial charge >= 0.3 is 0 Å². The van der Waals surface area contributed by atoms with E-state index in [0.717, 1.165) is 11.1 Å². The van der Waals surface area contributed by atoms with Crippen LogP contribution in [0.15, 0.2) is 72.8 Å². The number of nitrogen functional groups attached to an aromatic ring is 2. The highest BCUT2D eigenvalue weighted by atomic mass is 16.5. The van der Waals surface area contributed by atoms with Gasteiger partial charge in [-0.1, -0.05) is 48.5 Å². The molecule has 5 rings (SSSR count). The van der Waals surface area contributed by atoms with Crippen molar-refractivity contribution in [2.75, 3.05) is 11.5 Å². The normalized spacial score (nSPS) is 12.2. The molecule has 4 aromatic carbocycles. The van der Waals surface area contributed by atoms with E-state index in [0.29, 0.717) is 11.5 Å². The molecular weight excluding hydrogens is 428 g/mol. The molecule has 0 heterocycles. The number of ether oxygens (including phenoxy) is 2. The van der Waals surface area contributed by atoms with Crippen molar-refractivity contribution in [1.82, 2.24) is 0 Å². The number of fused-ring (bicyclic) bond motifs is 2. The number of rotatable bonds is 4. The lowest BCUT2D eigenvalue weighted by Gasteiger charge is -2.25. The Balaban J connectivity index is 1.76. The Hall–Kier alpha value is -4.58. The van der Waals surface area contributed by atoms with Crippen LogP contribution in [0, 0.1) is 13.8 Å². The molecule has 0 unspecified atom stereocenters. The molecule has 1 aliphatic carbocycles. The first-order valence-corrected chi connectivity index (χ1v) is 10.8. The van der Waals surface area contributed by atoms with Gasteiger partial charge in [-0.25, -0.2) is 0 Å². The highest BCUT2D eigenvalue weighted by Crippen LogP contribution is 2.50. The van der Waals surface area contributed by atoms with E-state index in [4.69, 9.17) is 20.9 Å². The van der Waals surface area contributed by atoms with Crippen LogP contribution in [-0.4, -0.2) is 11.6 Å². The van der Waals surface area contributed by atoms with Crippen molar-refractivity contribution in [1.29, 1.82) is 0 Å². The molecule has 168 valence electrons. The lowest BCUT2D eigenvalue weighted by atomic mass is 9.82. The number of ketones is 2. The average molecular weight is 450 g/mol. The van der Waals surface area contributed by atoms with Gasteiger partial charge in [0, 0.05) is 11.1 Å². The van der Waals surface area contributed by atoms with Crippen molar-refractivity contribution < 1.29 is 19.1 Å². The van der Waals surface area contributed by atoms with E-state index in [9.17, 15) is 9.59 Å². The van der Waals surface area contributed by atoms with Gasteiger partial charge < -0.3 is 20.9 Å². The minimum atomic E-state index is -0.384. The SMILES string of the molecule is Cc1cccc(Oc2c(N)c3c(c(N)c2Oc2cccc(C)c2)C(=O)c2ccccc2C3=O)c1. The second-order valence-corrected chi connectivity index (χ2v) is 8.28. The Labute approximate surface area is 196 Å². The second kappa shape index (κ2) is 8.08. The largest absolute Gasteiger partial charge is 0.451 e. The molecule has 0 spiro atoms. The summed E-state index contributed by atoms with van der Waals surface area (Å²) >= 11 is 0. The van der Waals surface area contributed by atoms with Crippen molar-refractivity contribution in [3.63, 3.8) is 0 Å². The third kappa shape index (κ3) is 3.46. The molecule has 1 aliphatic rings. The zero-order valence-corrected chi connectivity index (χ0v) is 18.7. The summed E-state index contributed by atoms with van der Waals surface area (Å²) in [4.78, 5) is 26.8. The first-order chi connectivity index (χ1) is 16.3. The topological polar surface area (TPSA) is 105 Å². The molecule has 0 saturated carbocycles. The van der Waals surface area contributed by atoms with Crippen molar-refractivity contribution in [2.24, 2.45) is 0 Å². The fourth-order valence-electron chi connectivity index (χ4n) is 4.16. The molecule has 0 atom stereocenters. The van der Waals surface area contributed by atoms with Crippen LogP contribution in [0.25, 0.3) is 0 Å². The summed E-state index contributed by atoms with van der Waals surface area (Å²) in [6.45, 7) is 3.86. The summed E-state index contributed by atoms with van der Waals surface area (Å²) in [7, 11) is 0. The summed E-state index contributed by atoms with van der Waals surface area (Å²) in [5.41, 5.74) is 15.6. The van der Waals surface area contributed by atoms with Gasteiger partial charge in [0.1, 0.15) is 11.5 Å². The molecule has 0 amide bonds. The lowest BCUT2D eigenvalue weighted by Crippen LogP contribution is -2.24. The van der Waals surface area contributed by atoms with E-state index in [1.54, 1.807) is 36.4 Å². The molecule has 0 aromatic heterocycles. The second-order valence-electron chi connectivity index (χ2n) is 8.28. The fraction of sp³-hybridized carbons (Fsp3) is 0.0714. The van der Waals surface area contributed by atoms with Gasteiger partial charge in [0.25, 0.3) is 0 Å². The predicted octanol–water partition coefficient (Wildman–Crippen LogP) is 5.83. The number of carbonyl (C=O) groups excluding carboxylic acids is 2. The third-order valence-electron chi connectivity index (χ3n) is 5.77. The average Bonchev–Trinajstić information content (AvgIpc) is 2.82. The summed E-state index contributed by atoms with van der Waals surface area (Å²) in [5, 5.41) is 0. The molecule has 0 saturated heterocycles. The van der Waals surface area contributed by atoms with E-state index >= 15 is 0 Å². The summed E-state index contributed by atoms with van der Waals surface area (Å²) in [5.74, 6) is 0.397. The van der Waals surface area contributed by atoms with Gasteiger partial charge in [0.15, 0.2) is 23.1 Å². The molecule has 4 aromatic rings. The highest BCUT2D eigenvalue weighted by Gasteiger charge is 2.37. The van der Waals surface area contributed by atoms with Crippen LogP contribution in [0.2, 0.25) is 0 Å². The lowest BCUT2D eigenvalue weighted by molar-refractivity contribution is 0.0980. The Morgan fingerprint density at radius 3 is 1.38 bits per heavy atom. The van der Waals surface area contributed by atoms with Gasteiger partial charge in [-0.15, -0.1) is 0 Å². The van der Waals surface area contributed by atoms with Gasteiger partial charge in [0.05, 0.1) is 22.5 Å². The molecule has 6 nitrogen and oxygen atoms in total. The highest BCUT2D eigenvalue weighted by molar-refractivity contribution is 6.32. The molecule has 34 heavy (non-hydrogen) atoms. The number of hydrogen-bond acceptors (Lipinski definition) is 6. The Morgan fingerprint density at radius 1 is 0.588 bits per heavy atom. The molecule has 0 radical (unpaired) electrons. The maximum absolute atomic E-state index is 13.4. The van der Waals surface area contributed by atoms with Crippen molar-refractivity contribution >= 4 is 22.9 Å². The predicted molar refractivity (Wildman–Crippen MR) is 131 cm³/mol. The molecule has 0 fully saturated rings. The fourth-order valence-corrected chi connectivity index (χ4v) is 4.16. The standard InChI is InChI=1S/C28H22N2O4/c1-15-7-5-9-17(13-15)33-27-23(29)21-22(26(32)20-12-4-3-11-19(20)25(21)31)24(30)28(27)34-18-10-6-8-16(2)14-18/h3-14H,29-30H2,1-2H3. The third-order valence-corrected chi connectivity index (χ3v) is 5.77. The van der Waals surface area contributed by atoms with Crippen LogP contribution < -0.4 is 20.9 Å². The van der Waals surface area contributed by atoms with Crippen LogP contribution in [0.4, 0.5) is 11.4 Å². The van der Waals surface area contributed by atoms with E-state index < -0.39 is 0 Å². The number of hydrogen-bond donors (Lipinski definition) is 2. The first-order valence-electron chi connectivity index (χ1n) is 10.8. The minimum absolute atomic E-state index is 0.00112. The maximum Gasteiger partial charge on any atom is 0.196 e. The Kier molecular flexibility index (Phi) is 5.06. The smallest absolute Gasteiger partial charge is 0.196 e. The van der Waals surface area contributed by atoms with E-state index in [1.165, 1.54) is 0 Å². The number of anilines is 2. The van der Waals surface area contributed by atoms with Gasteiger partial charge in [-0.2, -0.15) is 0 Å². The van der Waals surface area contributed by atoms with Crippen molar-refractivity contribution in [3.05, 3.63) is 106 Å². The molecule has 6 heteroatoms. The zero-order chi connectivity index (χ0) is 24.0. The number of aryl methyl sites for hydroxylation is 2. The van der Waals surface area contributed by atoms with Crippen molar-refractivity contribution in [2.45, 2.75) is 13.8 Å². The molecular formula is C28H22N2O4. The zero-order valence-electron chi connectivity index (χ0n) is 18.7. The van der Waals surface area contributed by atoms with Crippen LogP contribution in [0.5, 0.6) is 23.0 Å². The first kappa shape index (κ1) is 21.3. The summed E-state index contributed by atoms with van der Waals surface area (Å²) in [6.07, 6.45) is 0. The maximum atomic E-state index is 13.4. The number of carbonyl (C=O) groups is 2. The summed E-state index contributed by atoms with van der Waals surface area (Å²) in [6, 6.07) is 21.3. The van der Waals surface area contributed by atoms with E-state index in [1.807, 2.05) is 50.2 Å². The molecule has 0 bridgehead atoms. The molecule has 0 aliphatic heterocycles. The van der Waals surface area contributed by atoms with Gasteiger partial charge in [0.2, 0.25) is 0 Å². The van der Waals surface area contributed by atoms with E-state index in [2.05, 4.69) is 0 Å². The summed E-state index contributed by atoms with van der Waals surface area (Å²) < 4.78 is 12.3. The van der Waals surface area contributed by atoms with Gasteiger partial charge in [-0.05, 0) is 49.2 Å². The van der Waals surface area contributed by atoms with Crippen LogP contribution in [-0.2, 0) is 0 Å². The van der Waals surface area contributed by atoms with Crippen LogP contribution >= 0.6 is 0 Å². The number of nitrogens with two attached hydrogens (primary N) is 2. The molecule has 4 N–H and O–H groups in total. The number of benzene rings is 4. The Morgan fingerprint density at radius 2 is 1.00 bits per heavy atom. The van der Waals surface area contributed by atoms with Crippen molar-refractivity contribution in [3.8, 4) is 23.0 Å². The van der Waals surface area contributed by atoms with Crippen LogP contribution in [0.3, 0.4) is 0 Å². The monoisotopic (exact) mass is 450 g/mol. The Bertz CT molecular complexity index is 1380. The minimum Gasteiger partial charge on any atom is -0.451 e. The quantitative estimate of drug-likeness (QED) is 0.334. The van der Waals surface area contributed by atoms with E-state index in [-0.39, 0.29) is 56.7 Å².